The molecule has 4 heteroatoms. The van der Waals surface area contributed by atoms with Gasteiger partial charge >= 0.3 is 6.03 Å². The molecule has 0 unspecified atom stereocenters. The van der Waals surface area contributed by atoms with Crippen molar-refractivity contribution < 1.29 is 4.79 Å². The predicted molar refractivity (Wildman–Crippen MR) is 96.0 cm³/mol. The molecule has 1 aromatic heterocycles. The number of rotatable bonds is 4. The van der Waals surface area contributed by atoms with E-state index in [1.54, 1.807) is 0 Å². The highest BCUT2D eigenvalue weighted by atomic mass is 16.2. The second kappa shape index (κ2) is 7.95. The quantitative estimate of drug-likeness (QED) is 0.931. The van der Waals surface area contributed by atoms with Gasteiger partial charge in [-0.2, -0.15) is 0 Å². The average molecular weight is 323 g/mol. The van der Waals surface area contributed by atoms with Gasteiger partial charge in [0, 0.05) is 32.0 Å². The molecule has 0 saturated carbocycles. The van der Waals surface area contributed by atoms with Gasteiger partial charge in [-0.1, -0.05) is 37.3 Å². The monoisotopic (exact) mass is 323 g/mol. The van der Waals surface area contributed by atoms with Gasteiger partial charge in [0.05, 0.1) is 0 Å². The van der Waals surface area contributed by atoms with E-state index in [2.05, 4.69) is 41.5 Å². The Labute approximate surface area is 143 Å². The van der Waals surface area contributed by atoms with Crippen molar-refractivity contribution in [3.8, 4) is 0 Å². The summed E-state index contributed by atoms with van der Waals surface area (Å²) in [5.74, 6) is 0.866. The Morgan fingerprint density at radius 3 is 2.50 bits per heavy atom. The van der Waals surface area contributed by atoms with E-state index in [1.807, 2.05) is 35.5 Å². The lowest BCUT2D eigenvalue weighted by Crippen LogP contribution is -2.45. The number of piperidine rings is 1. The topological polar surface area (TPSA) is 45.2 Å². The first-order valence-corrected chi connectivity index (χ1v) is 8.71. The normalized spacial score (nSPS) is 16.6. The van der Waals surface area contributed by atoms with Crippen molar-refractivity contribution in [1.82, 2.24) is 15.2 Å². The number of benzene rings is 1. The minimum absolute atomic E-state index is 0.0611. The molecular weight excluding hydrogens is 298 g/mol. The number of amides is 2. The number of nitrogens with one attached hydrogen (secondary N) is 1. The van der Waals surface area contributed by atoms with Crippen molar-refractivity contribution in [2.75, 3.05) is 19.6 Å². The highest BCUT2D eigenvalue weighted by Crippen LogP contribution is 2.27. The maximum atomic E-state index is 12.4. The van der Waals surface area contributed by atoms with Gasteiger partial charge in [0.2, 0.25) is 0 Å². The molecule has 1 atom stereocenters. The second-order valence-corrected chi connectivity index (χ2v) is 6.54. The third-order valence-electron chi connectivity index (χ3n) is 4.89. The molecule has 2 amide bonds. The SMILES string of the molecule is C[C@@H](CNC(=O)N1CCC(c2ccncc2)CC1)c1ccccc1. The average Bonchev–Trinajstić information content (AvgIpc) is 2.67. The number of carbonyl (C=O) groups is 1. The van der Waals surface area contributed by atoms with Crippen molar-refractivity contribution in [1.29, 1.82) is 0 Å². The van der Waals surface area contributed by atoms with Gasteiger partial charge in [-0.05, 0) is 47.9 Å². The van der Waals surface area contributed by atoms with Crippen LogP contribution >= 0.6 is 0 Å². The first-order valence-electron chi connectivity index (χ1n) is 8.71. The highest BCUT2D eigenvalue weighted by molar-refractivity contribution is 5.74. The molecule has 1 aromatic carbocycles. The van der Waals surface area contributed by atoms with Crippen molar-refractivity contribution in [3.63, 3.8) is 0 Å². The summed E-state index contributed by atoms with van der Waals surface area (Å²) in [5.41, 5.74) is 2.59. The van der Waals surface area contributed by atoms with Gasteiger partial charge in [0.1, 0.15) is 0 Å². The van der Waals surface area contributed by atoms with Crippen molar-refractivity contribution >= 4 is 6.03 Å². The van der Waals surface area contributed by atoms with Gasteiger partial charge in [-0.25, -0.2) is 4.79 Å². The van der Waals surface area contributed by atoms with Gasteiger partial charge in [0.15, 0.2) is 0 Å². The van der Waals surface area contributed by atoms with Crippen LogP contribution in [0.15, 0.2) is 54.9 Å². The zero-order chi connectivity index (χ0) is 16.8. The maximum absolute atomic E-state index is 12.4. The lowest BCUT2D eigenvalue weighted by molar-refractivity contribution is 0.181. The minimum Gasteiger partial charge on any atom is -0.337 e. The largest absolute Gasteiger partial charge is 0.337 e. The number of nitrogens with zero attached hydrogens (tertiary/aromatic N) is 2. The molecule has 3 rings (SSSR count). The number of aromatic nitrogens is 1. The summed E-state index contributed by atoms with van der Waals surface area (Å²) < 4.78 is 0. The predicted octanol–water partition coefficient (Wildman–Crippen LogP) is 3.77. The van der Waals surface area contributed by atoms with E-state index >= 15 is 0 Å². The molecule has 4 nitrogen and oxygen atoms in total. The Morgan fingerprint density at radius 1 is 1.17 bits per heavy atom. The summed E-state index contributed by atoms with van der Waals surface area (Å²) in [6.07, 6.45) is 5.73. The molecule has 24 heavy (non-hydrogen) atoms. The molecule has 1 saturated heterocycles. The van der Waals surface area contributed by atoms with Crippen LogP contribution in [0.25, 0.3) is 0 Å². The van der Waals surface area contributed by atoms with E-state index in [9.17, 15) is 4.79 Å². The number of likely N-dealkylation sites (tertiary alicyclic amines) is 1. The molecule has 1 fully saturated rings. The Kier molecular flexibility index (Phi) is 5.47. The van der Waals surface area contributed by atoms with Crippen LogP contribution in [0, 0.1) is 0 Å². The molecule has 0 spiro atoms. The van der Waals surface area contributed by atoms with E-state index in [-0.39, 0.29) is 6.03 Å². The molecule has 1 aliphatic rings. The van der Waals surface area contributed by atoms with Gasteiger partial charge in [-0.3, -0.25) is 4.98 Å². The Hall–Kier alpha value is -2.36. The van der Waals surface area contributed by atoms with Crippen LogP contribution in [0.2, 0.25) is 0 Å². The van der Waals surface area contributed by atoms with Gasteiger partial charge in [-0.15, -0.1) is 0 Å². The van der Waals surface area contributed by atoms with Gasteiger partial charge in [0.25, 0.3) is 0 Å². The zero-order valence-electron chi connectivity index (χ0n) is 14.2. The van der Waals surface area contributed by atoms with E-state index in [0.717, 1.165) is 25.9 Å². The van der Waals surface area contributed by atoms with Crippen LogP contribution in [-0.2, 0) is 0 Å². The number of hydrogen-bond donors (Lipinski definition) is 1. The summed E-state index contributed by atoms with van der Waals surface area (Å²) in [7, 11) is 0. The first kappa shape index (κ1) is 16.5. The molecular formula is C20H25N3O. The third kappa shape index (κ3) is 4.13. The van der Waals surface area contributed by atoms with E-state index in [4.69, 9.17) is 0 Å². The summed E-state index contributed by atoms with van der Waals surface area (Å²) >= 11 is 0. The Morgan fingerprint density at radius 2 is 1.83 bits per heavy atom. The smallest absolute Gasteiger partial charge is 0.317 e. The lowest BCUT2D eigenvalue weighted by Gasteiger charge is -2.32. The minimum atomic E-state index is 0.0611. The molecule has 1 aliphatic heterocycles. The molecule has 0 radical (unpaired) electrons. The highest BCUT2D eigenvalue weighted by Gasteiger charge is 2.23. The number of urea groups is 1. The van der Waals surface area contributed by atoms with Crippen LogP contribution in [0.5, 0.6) is 0 Å². The first-order chi connectivity index (χ1) is 11.7. The van der Waals surface area contributed by atoms with Crippen LogP contribution in [0.3, 0.4) is 0 Å². The van der Waals surface area contributed by atoms with Crippen LogP contribution in [0.4, 0.5) is 4.79 Å². The van der Waals surface area contributed by atoms with Gasteiger partial charge < -0.3 is 10.2 Å². The van der Waals surface area contributed by atoms with Crippen molar-refractivity contribution in [2.24, 2.45) is 0 Å². The molecule has 1 N–H and O–H groups in total. The second-order valence-electron chi connectivity index (χ2n) is 6.54. The van der Waals surface area contributed by atoms with Crippen LogP contribution in [-0.4, -0.2) is 35.5 Å². The fourth-order valence-corrected chi connectivity index (χ4v) is 3.30. The standard InChI is InChI=1S/C20H25N3O/c1-16(17-5-3-2-4-6-17)15-22-20(24)23-13-9-19(10-14-23)18-7-11-21-12-8-18/h2-8,11-12,16,19H,9-10,13-15H2,1H3,(H,22,24)/t16-/m0/s1. The van der Waals surface area contributed by atoms with E-state index < -0.39 is 0 Å². The number of hydrogen-bond acceptors (Lipinski definition) is 2. The number of carbonyl (C=O) groups excluding carboxylic acids is 1. The summed E-state index contributed by atoms with van der Waals surface area (Å²) in [6, 6.07) is 14.5. The lowest BCUT2D eigenvalue weighted by atomic mass is 9.90. The molecule has 2 heterocycles. The fourth-order valence-electron chi connectivity index (χ4n) is 3.30. The van der Waals surface area contributed by atoms with E-state index in [1.165, 1.54) is 11.1 Å². The van der Waals surface area contributed by atoms with Crippen molar-refractivity contribution in [3.05, 3.63) is 66.0 Å². The van der Waals surface area contributed by atoms with Crippen molar-refractivity contribution in [2.45, 2.75) is 31.6 Å². The molecule has 0 aliphatic carbocycles. The molecule has 126 valence electrons. The van der Waals surface area contributed by atoms with E-state index in [0.29, 0.717) is 18.4 Å². The summed E-state index contributed by atoms with van der Waals surface area (Å²) in [6.45, 7) is 4.45. The van der Waals surface area contributed by atoms with Crippen LogP contribution in [0.1, 0.15) is 42.7 Å². The fraction of sp³-hybridized carbons (Fsp3) is 0.400. The summed E-state index contributed by atoms with van der Waals surface area (Å²) in [5, 5.41) is 3.08. The maximum Gasteiger partial charge on any atom is 0.317 e. The third-order valence-corrected chi connectivity index (χ3v) is 4.89. The zero-order valence-corrected chi connectivity index (χ0v) is 14.2. The van der Waals surface area contributed by atoms with Crippen LogP contribution < -0.4 is 5.32 Å². The molecule has 0 bridgehead atoms. The molecule has 2 aromatic rings. The summed E-state index contributed by atoms with van der Waals surface area (Å²) in [4.78, 5) is 18.4. The Bertz CT molecular complexity index is 636. The number of pyridine rings is 1. The Balaban J connectivity index is 1.45.